The van der Waals surface area contributed by atoms with Gasteiger partial charge in [-0.25, -0.2) is 0 Å². The van der Waals surface area contributed by atoms with Crippen LogP contribution in [0.1, 0.15) is 58.3 Å². The van der Waals surface area contributed by atoms with Crippen molar-refractivity contribution in [2.45, 2.75) is 70.4 Å². The number of ether oxygens (including phenoxy) is 1. The molecule has 17 heavy (non-hydrogen) atoms. The lowest BCUT2D eigenvalue weighted by Gasteiger charge is -2.18. The summed E-state index contributed by atoms with van der Waals surface area (Å²) in [6.45, 7) is 2.83. The Morgan fingerprint density at radius 3 is 2.71 bits per heavy atom. The van der Waals surface area contributed by atoms with Crippen LogP contribution in [0, 0.1) is 5.92 Å². The van der Waals surface area contributed by atoms with Crippen LogP contribution in [0.3, 0.4) is 0 Å². The molecule has 0 aliphatic carbocycles. The van der Waals surface area contributed by atoms with Gasteiger partial charge in [-0.3, -0.25) is 4.79 Å². The molecule has 0 spiro atoms. The van der Waals surface area contributed by atoms with E-state index in [1.54, 1.807) is 0 Å². The van der Waals surface area contributed by atoms with E-state index in [4.69, 9.17) is 4.74 Å². The first kappa shape index (κ1) is 12.9. The molecule has 2 saturated heterocycles. The van der Waals surface area contributed by atoms with Gasteiger partial charge >= 0.3 is 5.97 Å². The predicted octanol–water partition coefficient (Wildman–Crippen LogP) is 2.64. The van der Waals surface area contributed by atoms with Gasteiger partial charge in [0.2, 0.25) is 0 Å². The highest BCUT2D eigenvalue weighted by atomic mass is 16.5. The average molecular weight is 239 g/mol. The molecule has 0 amide bonds. The highest BCUT2D eigenvalue weighted by Gasteiger charge is 2.43. The van der Waals surface area contributed by atoms with E-state index >= 15 is 0 Å². The smallest absolute Gasteiger partial charge is 0.310 e. The van der Waals surface area contributed by atoms with Crippen molar-refractivity contribution in [2.24, 2.45) is 5.92 Å². The minimum absolute atomic E-state index is 0.0418. The molecule has 3 heteroatoms. The highest BCUT2D eigenvalue weighted by molar-refractivity contribution is 5.74. The lowest BCUT2D eigenvalue weighted by Crippen LogP contribution is -2.30. The lowest BCUT2D eigenvalue weighted by atomic mass is 9.89. The molecule has 2 fully saturated rings. The molecule has 2 bridgehead atoms. The van der Waals surface area contributed by atoms with Crippen molar-refractivity contribution in [1.29, 1.82) is 0 Å². The Bertz CT molecular complexity index is 255. The fourth-order valence-corrected chi connectivity index (χ4v) is 3.07. The van der Waals surface area contributed by atoms with Gasteiger partial charge in [0, 0.05) is 12.1 Å². The maximum absolute atomic E-state index is 11.9. The summed E-state index contributed by atoms with van der Waals surface area (Å²) in [6, 6.07) is 0.995. The SMILES string of the molecule is CCCCCCCOC(=O)C1CC2CCC1N2. The van der Waals surface area contributed by atoms with Crippen molar-refractivity contribution in [3.05, 3.63) is 0 Å². The number of carbonyl (C=O) groups is 1. The molecular weight excluding hydrogens is 214 g/mol. The lowest BCUT2D eigenvalue weighted by molar-refractivity contribution is -0.149. The monoisotopic (exact) mass is 239 g/mol. The Labute approximate surface area is 104 Å². The molecule has 98 valence electrons. The third-order valence-corrected chi connectivity index (χ3v) is 4.10. The summed E-state index contributed by atoms with van der Waals surface area (Å²) in [5.74, 6) is 0.185. The zero-order valence-electron chi connectivity index (χ0n) is 10.9. The number of fused-ring (bicyclic) bond motifs is 2. The first-order chi connectivity index (χ1) is 8.31. The molecule has 1 N–H and O–H groups in total. The van der Waals surface area contributed by atoms with Gasteiger partial charge in [-0.15, -0.1) is 0 Å². The zero-order chi connectivity index (χ0) is 12.1. The van der Waals surface area contributed by atoms with E-state index < -0.39 is 0 Å². The maximum Gasteiger partial charge on any atom is 0.310 e. The van der Waals surface area contributed by atoms with E-state index in [2.05, 4.69) is 12.2 Å². The molecule has 3 nitrogen and oxygen atoms in total. The van der Waals surface area contributed by atoms with E-state index in [-0.39, 0.29) is 11.9 Å². The predicted molar refractivity (Wildman–Crippen MR) is 67.8 cm³/mol. The zero-order valence-corrected chi connectivity index (χ0v) is 10.9. The largest absolute Gasteiger partial charge is 0.465 e. The fourth-order valence-electron chi connectivity index (χ4n) is 3.07. The summed E-state index contributed by atoms with van der Waals surface area (Å²) < 4.78 is 5.38. The van der Waals surface area contributed by atoms with Crippen molar-refractivity contribution in [2.75, 3.05) is 6.61 Å². The summed E-state index contributed by atoms with van der Waals surface area (Å²) in [6.07, 6.45) is 9.44. The summed E-state index contributed by atoms with van der Waals surface area (Å²) in [5, 5.41) is 3.48. The standard InChI is InChI=1S/C14H25NO2/c1-2-3-4-5-6-9-17-14(16)12-10-11-7-8-13(12)15-11/h11-13,15H,2-10H2,1H3. The van der Waals surface area contributed by atoms with Crippen LogP contribution >= 0.6 is 0 Å². The van der Waals surface area contributed by atoms with E-state index in [0.717, 1.165) is 19.3 Å². The second-order valence-corrected chi connectivity index (χ2v) is 5.47. The molecule has 0 saturated carbocycles. The normalized spacial score (nSPS) is 30.8. The quantitative estimate of drug-likeness (QED) is 0.548. The molecule has 0 aromatic carbocycles. The molecule has 2 heterocycles. The van der Waals surface area contributed by atoms with Crippen LogP contribution in [0.5, 0.6) is 0 Å². The number of unbranched alkanes of at least 4 members (excludes halogenated alkanes) is 4. The number of esters is 1. The molecule has 3 atom stereocenters. The molecule has 2 aliphatic heterocycles. The van der Waals surface area contributed by atoms with Gasteiger partial charge in [0.1, 0.15) is 0 Å². The summed E-state index contributed by atoms with van der Waals surface area (Å²) >= 11 is 0. The van der Waals surface area contributed by atoms with Gasteiger partial charge < -0.3 is 10.1 Å². The number of hydrogen-bond donors (Lipinski definition) is 1. The first-order valence-electron chi connectivity index (χ1n) is 7.24. The van der Waals surface area contributed by atoms with Crippen molar-refractivity contribution >= 4 is 5.97 Å². The van der Waals surface area contributed by atoms with Crippen LogP contribution in [-0.4, -0.2) is 24.7 Å². The number of rotatable bonds is 7. The molecule has 3 unspecified atom stereocenters. The number of hydrogen-bond acceptors (Lipinski definition) is 3. The number of carbonyl (C=O) groups excluding carboxylic acids is 1. The molecule has 0 radical (unpaired) electrons. The molecule has 2 aliphatic rings. The Hall–Kier alpha value is -0.570. The second-order valence-electron chi connectivity index (χ2n) is 5.47. The van der Waals surface area contributed by atoms with Crippen molar-refractivity contribution in [3.8, 4) is 0 Å². The van der Waals surface area contributed by atoms with Gasteiger partial charge in [0.05, 0.1) is 12.5 Å². The Kier molecular flexibility index (Phi) is 4.84. The van der Waals surface area contributed by atoms with E-state index in [1.165, 1.54) is 32.1 Å². The van der Waals surface area contributed by atoms with E-state index in [9.17, 15) is 4.79 Å². The molecule has 0 aromatic heterocycles. The highest BCUT2D eigenvalue weighted by Crippen LogP contribution is 2.33. The van der Waals surface area contributed by atoms with Crippen molar-refractivity contribution < 1.29 is 9.53 Å². The fraction of sp³-hybridized carbons (Fsp3) is 0.929. The summed E-state index contributed by atoms with van der Waals surface area (Å²) in [4.78, 5) is 11.9. The Morgan fingerprint density at radius 2 is 2.06 bits per heavy atom. The maximum atomic E-state index is 11.9. The van der Waals surface area contributed by atoms with E-state index in [1.807, 2.05) is 0 Å². The molecule has 0 aromatic rings. The van der Waals surface area contributed by atoms with Gasteiger partial charge in [-0.1, -0.05) is 32.6 Å². The van der Waals surface area contributed by atoms with Crippen LogP contribution in [0.2, 0.25) is 0 Å². The van der Waals surface area contributed by atoms with Crippen LogP contribution in [0.15, 0.2) is 0 Å². The second kappa shape index (κ2) is 6.39. The Morgan fingerprint density at radius 1 is 1.24 bits per heavy atom. The Balaban J connectivity index is 1.55. The van der Waals surface area contributed by atoms with Crippen molar-refractivity contribution in [3.63, 3.8) is 0 Å². The van der Waals surface area contributed by atoms with Gasteiger partial charge in [0.25, 0.3) is 0 Å². The number of nitrogens with one attached hydrogen (secondary N) is 1. The van der Waals surface area contributed by atoms with Crippen LogP contribution in [0.25, 0.3) is 0 Å². The third kappa shape index (κ3) is 3.44. The first-order valence-corrected chi connectivity index (χ1v) is 7.24. The molecular formula is C14H25NO2. The van der Waals surface area contributed by atoms with E-state index in [0.29, 0.717) is 18.7 Å². The summed E-state index contributed by atoms with van der Waals surface area (Å²) in [7, 11) is 0. The minimum atomic E-state index is 0.0418. The van der Waals surface area contributed by atoms with Gasteiger partial charge in [-0.2, -0.15) is 0 Å². The minimum Gasteiger partial charge on any atom is -0.465 e. The van der Waals surface area contributed by atoms with Crippen LogP contribution in [-0.2, 0) is 9.53 Å². The van der Waals surface area contributed by atoms with Crippen molar-refractivity contribution in [1.82, 2.24) is 5.32 Å². The summed E-state index contributed by atoms with van der Waals surface area (Å²) in [5.41, 5.74) is 0. The van der Waals surface area contributed by atoms with Gasteiger partial charge in [0.15, 0.2) is 0 Å². The average Bonchev–Trinajstić information content (AvgIpc) is 2.95. The van der Waals surface area contributed by atoms with Crippen LogP contribution < -0.4 is 5.32 Å². The topological polar surface area (TPSA) is 38.3 Å². The molecule has 2 rings (SSSR count). The van der Waals surface area contributed by atoms with Gasteiger partial charge in [-0.05, 0) is 25.7 Å². The van der Waals surface area contributed by atoms with Crippen LogP contribution in [0.4, 0.5) is 0 Å². The third-order valence-electron chi connectivity index (χ3n) is 4.10.